The highest BCUT2D eigenvalue weighted by atomic mass is 79.9. The number of benzene rings is 1. The molecule has 4 rings (SSSR count). The standard InChI is InChI=1S/C19H24BrN5O2S/c20-16-6-2-3-7-17(16)28(26,27)25-12-10-24(11-13-25)19-14-18(21-15-22-19)23-8-4-1-5-9-23/h2-3,6-7,14-15H,1,4-5,8-13H2. The Morgan fingerprint density at radius 1 is 0.821 bits per heavy atom. The van der Waals surface area contributed by atoms with Gasteiger partial charge in [-0.05, 0) is 47.3 Å². The van der Waals surface area contributed by atoms with Crippen LogP contribution in [0, 0.1) is 0 Å². The predicted octanol–water partition coefficient (Wildman–Crippen LogP) is 2.74. The molecule has 0 N–H and O–H groups in total. The van der Waals surface area contributed by atoms with E-state index in [1.54, 1.807) is 28.8 Å². The number of hydrogen-bond donors (Lipinski definition) is 0. The van der Waals surface area contributed by atoms with Crippen LogP contribution in [-0.2, 0) is 10.0 Å². The Morgan fingerprint density at radius 2 is 1.43 bits per heavy atom. The van der Waals surface area contributed by atoms with Crippen LogP contribution in [0.3, 0.4) is 0 Å². The molecule has 150 valence electrons. The highest BCUT2D eigenvalue weighted by Gasteiger charge is 2.30. The Kier molecular flexibility index (Phi) is 5.84. The molecule has 0 bridgehead atoms. The third-order valence-electron chi connectivity index (χ3n) is 5.34. The monoisotopic (exact) mass is 465 g/mol. The smallest absolute Gasteiger partial charge is 0.244 e. The number of rotatable bonds is 4. The molecule has 2 saturated heterocycles. The lowest BCUT2D eigenvalue weighted by Gasteiger charge is -2.35. The molecular formula is C19H24BrN5O2S. The van der Waals surface area contributed by atoms with Gasteiger partial charge in [-0.1, -0.05) is 12.1 Å². The zero-order chi connectivity index (χ0) is 19.6. The van der Waals surface area contributed by atoms with Crippen LogP contribution in [0.25, 0.3) is 0 Å². The number of piperidine rings is 1. The van der Waals surface area contributed by atoms with Gasteiger partial charge in [0.2, 0.25) is 10.0 Å². The molecule has 2 aromatic rings. The first-order valence-corrected chi connectivity index (χ1v) is 11.9. The van der Waals surface area contributed by atoms with Crippen molar-refractivity contribution in [3.63, 3.8) is 0 Å². The molecule has 7 nitrogen and oxygen atoms in total. The van der Waals surface area contributed by atoms with Crippen LogP contribution >= 0.6 is 15.9 Å². The SMILES string of the molecule is O=S(=O)(c1ccccc1Br)N1CCN(c2cc(N3CCCCC3)ncn2)CC1. The minimum atomic E-state index is -3.50. The molecule has 1 aromatic heterocycles. The van der Waals surface area contributed by atoms with Crippen LogP contribution in [0.5, 0.6) is 0 Å². The fourth-order valence-corrected chi connectivity index (χ4v) is 6.14. The number of piperazine rings is 1. The van der Waals surface area contributed by atoms with Crippen LogP contribution in [0.2, 0.25) is 0 Å². The van der Waals surface area contributed by atoms with E-state index in [1.807, 2.05) is 12.1 Å². The van der Waals surface area contributed by atoms with Crippen molar-refractivity contribution in [2.75, 3.05) is 49.1 Å². The summed E-state index contributed by atoms with van der Waals surface area (Å²) >= 11 is 3.36. The lowest BCUT2D eigenvalue weighted by atomic mass is 10.1. The van der Waals surface area contributed by atoms with Crippen molar-refractivity contribution in [1.82, 2.24) is 14.3 Å². The van der Waals surface area contributed by atoms with Gasteiger partial charge in [0.15, 0.2) is 0 Å². The quantitative estimate of drug-likeness (QED) is 0.691. The zero-order valence-corrected chi connectivity index (χ0v) is 18.1. The Hall–Kier alpha value is -1.71. The third-order valence-corrected chi connectivity index (χ3v) is 8.25. The van der Waals surface area contributed by atoms with Crippen LogP contribution in [0.1, 0.15) is 19.3 Å². The van der Waals surface area contributed by atoms with Crippen LogP contribution in [-0.4, -0.2) is 62.0 Å². The third kappa shape index (κ3) is 4.01. The van der Waals surface area contributed by atoms with E-state index < -0.39 is 10.0 Å². The summed E-state index contributed by atoms with van der Waals surface area (Å²) in [6.45, 7) is 4.17. The lowest BCUT2D eigenvalue weighted by molar-refractivity contribution is 0.383. The average molecular weight is 466 g/mol. The molecule has 2 fully saturated rings. The van der Waals surface area contributed by atoms with E-state index in [4.69, 9.17) is 0 Å². The largest absolute Gasteiger partial charge is 0.356 e. The summed E-state index contributed by atoms with van der Waals surface area (Å²) in [7, 11) is -3.50. The first-order valence-electron chi connectivity index (χ1n) is 9.62. The molecule has 0 unspecified atom stereocenters. The highest BCUT2D eigenvalue weighted by Crippen LogP contribution is 2.27. The molecular weight excluding hydrogens is 442 g/mol. The zero-order valence-electron chi connectivity index (χ0n) is 15.7. The van der Waals surface area contributed by atoms with Gasteiger partial charge in [0.05, 0.1) is 4.90 Å². The first kappa shape index (κ1) is 19.6. The minimum absolute atomic E-state index is 0.317. The average Bonchev–Trinajstić information content (AvgIpc) is 2.75. The number of anilines is 2. The van der Waals surface area contributed by atoms with E-state index in [0.717, 1.165) is 24.7 Å². The van der Waals surface area contributed by atoms with Crippen molar-refractivity contribution >= 4 is 37.6 Å². The van der Waals surface area contributed by atoms with Crippen molar-refractivity contribution in [2.24, 2.45) is 0 Å². The molecule has 0 radical (unpaired) electrons. The number of nitrogens with zero attached hydrogens (tertiary/aromatic N) is 5. The normalized spacial score (nSPS) is 19.0. The van der Waals surface area contributed by atoms with Gasteiger partial charge in [0.25, 0.3) is 0 Å². The maximum atomic E-state index is 13.0. The van der Waals surface area contributed by atoms with Gasteiger partial charge in [-0.25, -0.2) is 18.4 Å². The van der Waals surface area contributed by atoms with E-state index in [2.05, 4.69) is 35.7 Å². The van der Waals surface area contributed by atoms with Crippen LogP contribution in [0.15, 0.2) is 46.0 Å². The van der Waals surface area contributed by atoms with Gasteiger partial charge >= 0.3 is 0 Å². The fourth-order valence-electron chi connectivity index (χ4n) is 3.76. The van der Waals surface area contributed by atoms with Gasteiger partial charge in [-0.2, -0.15) is 4.31 Å². The Labute approximate surface area is 174 Å². The Bertz CT molecular complexity index is 925. The minimum Gasteiger partial charge on any atom is -0.356 e. The van der Waals surface area contributed by atoms with E-state index in [1.165, 1.54) is 19.3 Å². The summed E-state index contributed by atoms with van der Waals surface area (Å²) in [5, 5.41) is 0. The summed E-state index contributed by atoms with van der Waals surface area (Å²) in [5.74, 6) is 1.83. The van der Waals surface area contributed by atoms with E-state index in [-0.39, 0.29) is 0 Å². The summed E-state index contributed by atoms with van der Waals surface area (Å²) in [6, 6.07) is 8.99. The fraction of sp³-hybridized carbons (Fsp3) is 0.474. The summed E-state index contributed by atoms with van der Waals surface area (Å²) in [4.78, 5) is 13.6. The Morgan fingerprint density at radius 3 is 2.07 bits per heavy atom. The van der Waals surface area contributed by atoms with Gasteiger partial charge < -0.3 is 9.80 Å². The maximum absolute atomic E-state index is 13.0. The second kappa shape index (κ2) is 8.34. The highest BCUT2D eigenvalue weighted by molar-refractivity contribution is 9.10. The molecule has 1 aromatic carbocycles. The molecule has 9 heteroatoms. The van der Waals surface area contributed by atoms with Crippen molar-refractivity contribution in [1.29, 1.82) is 0 Å². The maximum Gasteiger partial charge on any atom is 0.244 e. The summed E-state index contributed by atoms with van der Waals surface area (Å²) in [6.07, 6.45) is 5.29. The van der Waals surface area contributed by atoms with Crippen molar-refractivity contribution in [2.45, 2.75) is 24.2 Å². The van der Waals surface area contributed by atoms with Crippen LogP contribution in [0.4, 0.5) is 11.6 Å². The second-order valence-electron chi connectivity index (χ2n) is 7.10. The van der Waals surface area contributed by atoms with Crippen molar-refractivity contribution < 1.29 is 8.42 Å². The van der Waals surface area contributed by atoms with Crippen LogP contribution < -0.4 is 9.80 Å². The van der Waals surface area contributed by atoms with E-state index in [9.17, 15) is 8.42 Å². The molecule has 0 saturated carbocycles. The number of halogens is 1. The van der Waals surface area contributed by atoms with Gasteiger partial charge in [-0.15, -0.1) is 0 Å². The van der Waals surface area contributed by atoms with Gasteiger partial charge in [-0.3, -0.25) is 0 Å². The molecule has 0 aliphatic carbocycles. The van der Waals surface area contributed by atoms with E-state index in [0.29, 0.717) is 35.5 Å². The van der Waals surface area contributed by atoms with Crippen molar-refractivity contribution in [3.8, 4) is 0 Å². The molecule has 0 atom stereocenters. The van der Waals surface area contributed by atoms with Crippen molar-refractivity contribution in [3.05, 3.63) is 41.1 Å². The molecule has 0 spiro atoms. The molecule has 2 aliphatic rings. The summed E-state index contributed by atoms with van der Waals surface area (Å²) in [5.41, 5.74) is 0. The molecule has 2 aliphatic heterocycles. The molecule has 28 heavy (non-hydrogen) atoms. The first-order chi connectivity index (χ1) is 13.6. The van der Waals surface area contributed by atoms with Gasteiger partial charge in [0.1, 0.15) is 18.0 Å². The second-order valence-corrected chi connectivity index (χ2v) is 9.86. The number of hydrogen-bond acceptors (Lipinski definition) is 6. The number of aromatic nitrogens is 2. The Balaban J connectivity index is 1.45. The molecule has 3 heterocycles. The van der Waals surface area contributed by atoms with E-state index >= 15 is 0 Å². The molecule has 0 amide bonds. The number of sulfonamides is 1. The lowest BCUT2D eigenvalue weighted by Crippen LogP contribution is -2.49. The summed E-state index contributed by atoms with van der Waals surface area (Å²) < 4.78 is 28.1. The van der Waals surface area contributed by atoms with Gasteiger partial charge in [0, 0.05) is 49.8 Å². The predicted molar refractivity (Wildman–Crippen MR) is 113 cm³/mol. The topological polar surface area (TPSA) is 69.6 Å².